The number of carbonyl (C=O) groups is 1. The summed E-state index contributed by atoms with van der Waals surface area (Å²) >= 11 is 0. The lowest BCUT2D eigenvalue weighted by molar-refractivity contribution is 0.0185. The van der Waals surface area contributed by atoms with Crippen LogP contribution in [0.4, 0.5) is 0 Å². The molecular weight excluding hydrogens is 262 g/mol. The second kappa shape index (κ2) is 7.64. The van der Waals surface area contributed by atoms with E-state index in [1.54, 1.807) is 6.08 Å². The Kier molecular flexibility index (Phi) is 5.57. The molecule has 1 saturated carbocycles. The smallest absolute Gasteiger partial charge is 0.338 e. The van der Waals surface area contributed by atoms with Crippen LogP contribution in [0.1, 0.15) is 48.5 Å². The SMILES string of the molecule is CCc1ccc(C(=O)O[C@H]2CC[C@H](/C=C/C#N)CC2)cc1. The van der Waals surface area contributed by atoms with E-state index in [2.05, 4.69) is 6.92 Å². The lowest BCUT2D eigenvalue weighted by atomic mass is 9.87. The van der Waals surface area contributed by atoms with Crippen molar-refractivity contribution in [2.75, 3.05) is 0 Å². The molecule has 0 bridgehead atoms. The van der Waals surface area contributed by atoms with E-state index in [0.29, 0.717) is 11.5 Å². The normalized spacial score (nSPS) is 21.9. The maximum Gasteiger partial charge on any atom is 0.338 e. The molecule has 0 radical (unpaired) electrons. The van der Waals surface area contributed by atoms with Gasteiger partial charge in [-0.15, -0.1) is 0 Å². The molecule has 0 N–H and O–H groups in total. The monoisotopic (exact) mass is 283 g/mol. The highest BCUT2D eigenvalue weighted by atomic mass is 16.5. The largest absolute Gasteiger partial charge is 0.459 e. The number of ether oxygens (including phenoxy) is 1. The Balaban J connectivity index is 1.84. The number of carbonyl (C=O) groups excluding carboxylic acids is 1. The number of aryl methyl sites for hydroxylation is 1. The number of esters is 1. The van der Waals surface area contributed by atoms with Crippen molar-refractivity contribution >= 4 is 5.97 Å². The Morgan fingerprint density at radius 3 is 2.52 bits per heavy atom. The second-order valence-corrected chi connectivity index (χ2v) is 5.48. The zero-order valence-corrected chi connectivity index (χ0v) is 12.4. The van der Waals surface area contributed by atoms with Crippen LogP contribution in [0.2, 0.25) is 0 Å². The molecule has 1 aliphatic carbocycles. The first kappa shape index (κ1) is 15.3. The van der Waals surface area contributed by atoms with Gasteiger partial charge in [-0.25, -0.2) is 4.79 Å². The van der Waals surface area contributed by atoms with Crippen molar-refractivity contribution < 1.29 is 9.53 Å². The first-order valence-corrected chi connectivity index (χ1v) is 7.59. The number of hydrogen-bond acceptors (Lipinski definition) is 3. The molecule has 1 fully saturated rings. The van der Waals surface area contributed by atoms with E-state index in [1.165, 1.54) is 5.56 Å². The quantitative estimate of drug-likeness (QED) is 0.619. The van der Waals surface area contributed by atoms with E-state index >= 15 is 0 Å². The second-order valence-electron chi connectivity index (χ2n) is 5.48. The fourth-order valence-electron chi connectivity index (χ4n) is 2.67. The maximum absolute atomic E-state index is 12.1. The molecule has 0 aliphatic heterocycles. The van der Waals surface area contributed by atoms with Gasteiger partial charge in [0.1, 0.15) is 6.10 Å². The molecule has 1 aromatic rings. The van der Waals surface area contributed by atoms with Gasteiger partial charge in [0.05, 0.1) is 11.6 Å². The Hall–Kier alpha value is -2.08. The van der Waals surface area contributed by atoms with Crippen LogP contribution >= 0.6 is 0 Å². The van der Waals surface area contributed by atoms with Gasteiger partial charge in [0, 0.05) is 6.08 Å². The molecule has 0 aromatic heterocycles. The first-order valence-electron chi connectivity index (χ1n) is 7.59. The Morgan fingerprint density at radius 2 is 1.95 bits per heavy atom. The van der Waals surface area contributed by atoms with Gasteiger partial charge in [0.25, 0.3) is 0 Å². The van der Waals surface area contributed by atoms with Crippen molar-refractivity contribution in [1.82, 2.24) is 0 Å². The van der Waals surface area contributed by atoms with E-state index in [9.17, 15) is 4.79 Å². The highest BCUT2D eigenvalue weighted by Gasteiger charge is 2.23. The molecule has 3 heteroatoms. The Bertz CT molecular complexity index is 531. The molecule has 0 atom stereocenters. The highest BCUT2D eigenvalue weighted by molar-refractivity contribution is 5.89. The standard InChI is InChI=1S/C18H21NO2/c1-2-14-5-9-16(10-6-14)18(20)21-17-11-7-15(8-12-17)4-3-13-19/h3-6,9-10,15,17H,2,7-8,11-12H2,1H3/b4-3+/t15-,17-. The van der Waals surface area contributed by atoms with Crippen LogP contribution in [0.5, 0.6) is 0 Å². The minimum Gasteiger partial charge on any atom is -0.459 e. The summed E-state index contributed by atoms with van der Waals surface area (Å²) in [6.45, 7) is 2.09. The lowest BCUT2D eigenvalue weighted by Crippen LogP contribution is -2.24. The summed E-state index contributed by atoms with van der Waals surface area (Å²) in [5.74, 6) is 0.220. The molecule has 1 aromatic carbocycles. The molecule has 0 amide bonds. The van der Waals surface area contributed by atoms with E-state index in [0.717, 1.165) is 32.1 Å². The van der Waals surface area contributed by atoms with Crippen molar-refractivity contribution in [3.8, 4) is 6.07 Å². The van der Waals surface area contributed by atoms with Crippen molar-refractivity contribution in [3.05, 3.63) is 47.5 Å². The van der Waals surface area contributed by atoms with Gasteiger partial charge in [0.2, 0.25) is 0 Å². The fraction of sp³-hybridized carbons (Fsp3) is 0.444. The molecule has 0 saturated heterocycles. The number of rotatable bonds is 4. The number of benzene rings is 1. The minimum absolute atomic E-state index is 0.00934. The molecule has 3 nitrogen and oxygen atoms in total. The Labute approximate surface area is 126 Å². The predicted molar refractivity (Wildman–Crippen MR) is 81.7 cm³/mol. The van der Waals surface area contributed by atoms with Gasteiger partial charge in [0.15, 0.2) is 0 Å². The molecule has 0 spiro atoms. The first-order chi connectivity index (χ1) is 10.2. The number of nitrogens with zero attached hydrogens (tertiary/aromatic N) is 1. The molecule has 2 rings (SSSR count). The van der Waals surface area contributed by atoms with Crippen molar-refractivity contribution in [3.63, 3.8) is 0 Å². The van der Waals surface area contributed by atoms with Gasteiger partial charge in [-0.05, 0) is 55.7 Å². The summed E-state index contributed by atoms with van der Waals surface area (Å²) in [5.41, 5.74) is 1.84. The molecule has 21 heavy (non-hydrogen) atoms. The molecule has 1 aliphatic rings. The van der Waals surface area contributed by atoms with Gasteiger partial charge in [-0.3, -0.25) is 0 Å². The average Bonchev–Trinajstić information content (AvgIpc) is 2.54. The van der Waals surface area contributed by atoms with Gasteiger partial charge < -0.3 is 4.74 Å². The predicted octanol–water partition coefficient (Wildman–Crippen LogP) is 4.04. The lowest BCUT2D eigenvalue weighted by Gasteiger charge is -2.26. The zero-order valence-electron chi connectivity index (χ0n) is 12.4. The van der Waals surface area contributed by atoms with Gasteiger partial charge in [-0.2, -0.15) is 5.26 Å². The van der Waals surface area contributed by atoms with E-state index in [-0.39, 0.29) is 12.1 Å². The van der Waals surface area contributed by atoms with Crippen LogP contribution < -0.4 is 0 Å². The number of nitriles is 1. The summed E-state index contributed by atoms with van der Waals surface area (Å²) in [7, 11) is 0. The molecular formula is C18H21NO2. The van der Waals surface area contributed by atoms with Crippen LogP contribution in [-0.4, -0.2) is 12.1 Å². The zero-order chi connectivity index (χ0) is 15.1. The number of hydrogen-bond donors (Lipinski definition) is 0. The van der Waals surface area contributed by atoms with Gasteiger partial charge >= 0.3 is 5.97 Å². The fourth-order valence-corrected chi connectivity index (χ4v) is 2.67. The van der Waals surface area contributed by atoms with Crippen molar-refractivity contribution in [2.45, 2.75) is 45.1 Å². The molecule has 0 heterocycles. The van der Waals surface area contributed by atoms with Crippen LogP contribution in [0.3, 0.4) is 0 Å². The third-order valence-corrected chi connectivity index (χ3v) is 4.03. The highest BCUT2D eigenvalue weighted by Crippen LogP contribution is 2.27. The topological polar surface area (TPSA) is 50.1 Å². The minimum atomic E-state index is -0.228. The van der Waals surface area contributed by atoms with Crippen molar-refractivity contribution in [1.29, 1.82) is 5.26 Å². The summed E-state index contributed by atoms with van der Waals surface area (Å²) in [6.07, 6.45) is 8.19. The summed E-state index contributed by atoms with van der Waals surface area (Å²) in [5, 5.41) is 8.53. The summed E-state index contributed by atoms with van der Waals surface area (Å²) in [6, 6.07) is 9.64. The van der Waals surface area contributed by atoms with Crippen LogP contribution in [0.15, 0.2) is 36.4 Å². The summed E-state index contributed by atoms with van der Waals surface area (Å²) in [4.78, 5) is 12.1. The van der Waals surface area contributed by atoms with Crippen LogP contribution in [0.25, 0.3) is 0 Å². The third-order valence-electron chi connectivity index (χ3n) is 4.03. The van der Waals surface area contributed by atoms with E-state index < -0.39 is 0 Å². The molecule has 110 valence electrons. The summed E-state index contributed by atoms with van der Waals surface area (Å²) < 4.78 is 5.58. The number of allylic oxidation sites excluding steroid dienone is 2. The Morgan fingerprint density at radius 1 is 1.29 bits per heavy atom. The molecule has 0 unspecified atom stereocenters. The average molecular weight is 283 g/mol. The van der Waals surface area contributed by atoms with E-state index in [4.69, 9.17) is 10.00 Å². The van der Waals surface area contributed by atoms with Crippen molar-refractivity contribution in [2.24, 2.45) is 5.92 Å². The third kappa shape index (κ3) is 4.46. The van der Waals surface area contributed by atoms with E-state index in [1.807, 2.05) is 36.4 Å². The van der Waals surface area contributed by atoms with Crippen LogP contribution in [-0.2, 0) is 11.2 Å². The van der Waals surface area contributed by atoms with Gasteiger partial charge in [-0.1, -0.05) is 25.1 Å². The van der Waals surface area contributed by atoms with Crippen LogP contribution in [0, 0.1) is 17.2 Å². The maximum atomic E-state index is 12.1.